The van der Waals surface area contributed by atoms with E-state index in [0.29, 0.717) is 18.8 Å². The van der Waals surface area contributed by atoms with Crippen LogP contribution in [0.1, 0.15) is 28.9 Å². The first-order valence-electron chi connectivity index (χ1n) is 9.51. The van der Waals surface area contributed by atoms with Crippen molar-refractivity contribution in [3.63, 3.8) is 0 Å². The van der Waals surface area contributed by atoms with Crippen molar-refractivity contribution in [1.82, 2.24) is 15.1 Å². The number of carbonyl (C=O) groups excluding carboxylic acids is 1. The first-order valence-corrected chi connectivity index (χ1v) is 9.89. The second-order valence-electron chi connectivity index (χ2n) is 7.18. The Balaban J connectivity index is 1.39. The van der Waals surface area contributed by atoms with Gasteiger partial charge >= 0.3 is 0 Å². The minimum Gasteiger partial charge on any atom is -0.368 e. The average molecular weight is 386 g/mol. The summed E-state index contributed by atoms with van der Waals surface area (Å²) in [5, 5.41) is 9.19. The number of aromatic nitrogens is 2. The standard InChI is InChI=1S/C20H24ClN5O/c1-15-4-5-16(21)14-18(15)24-10-12-26(13-11-24)20(27)17-6-7-19(23-22-17)25-8-2-3-9-25/h4-7,14H,2-3,8-13H2,1H3. The first-order chi connectivity index (χ1) is 13.1. The molecule has 27 heavy (non-hydrogen) atoms. The smallest absolute Gasteiger partial charge is 0.274 e. The normalized spacial score (nSPS) is 17.5. The molecule has 7 heteroatoms. The summed E-state index contributed by atoms with van der Waals surface area (Å²) >= 11 is 6.15. The van der Waals surface area contributed by atoms with Gasteiger partial charge in [-0.25, -0.2) is 0 Å². The molecule has 0 N–H and O–H groups in total. The number of benzene rings is 1. The highest BCUT2D eigenvalue weighted by molar-refractivity contribution is 6.30. The maximum absolute atomic E-state index is 12.8. The van der Waals surface area contributed by atoms with E-state index in [4.69, 9.17) is 11.6 Å². The van der Waals surface area contributed by atoms with Gasteiger partial charge in [0, 0.05) is 50.0 Å². The number of aryl methyl sites for hydroxylation is 1. The van der Waals surface area contributed by atoms with Crippen LogP contribution in [-0.2, 0) is 0 Å². The number of amides is 1. The highest BCUT2D eigenvalue weighted by Crippen LogP contribution is 2.25. The molecular formula is C20H24ClN5O. The van der Waals surface area contributed by atoms with Crippen molar-refractivity contribution in [1.29, 1.82) is 0 Å². The van der Waals surface area contributed by atoms with Crippen molar-refractivity contribution < 1.29 is 4.79 Å². The van der Waals surface area contributed by atoms with E-state index in [2.05, 4.69) is 26.9 Å². The van der Waals surface area contributed by atoms with E-state index in [0.717, 1.165) is 42.7 Å². The molecule has 0 aliphatic carbocycles. The van der Waals surface area contributed by atoms with Gasteiger partial charge in [-0.3, -0.25) is 4.79 Å². The van der Waals surface area contributed by atoms with Gasteiger partial charge < -0.3 is 14.7 Å². The molecular weight excluding hydrogens is 362 g/mol. The zero-order chi connectivity index (χ0) is 18.8. The first kappa shape index (κ1) is 18.0. The van der Waals surface area contributed by atoms with Crippen molar-refractivity contribution in [2.45, 2.75) is 19.8 Å². The Morgan fingerprint density at radius 1 is 0.926 bits per heavy atom. The number of halogens is 1. The molecule has 6 nitrogen and oxygen atoms in total. The summed E-state index contributed by atoms with van der Waals surface area (Å²) in [6.45, 7) is 7.03. The van der Waals surface area contributed by atoms with Crippen LogP contribution in [0.15, 0.2) is 30.3 Å². The van der Waals surface area contributed by atoms with E-state index in [1.807, 2.05) is 29.2 Å². The molecule has 2 fully saturated rings. The Hall–Kier alpha value is -2.34. The fraction of sp³-hybridized carbons (Fsp3) is 0.450. The highest BCUT2D eigenvalue weighted by atomic mass is 35.5. The van der Waals surface area contributed by atoms with Crippen LogP contribution in [0.5, 0.6) is 0 Å². The van der Waals surface area contributed by atoms with Gasteiger partial charge in [-0.05, 0) is 49.6 Å². The molecule has 1 amide bonds. The maximum atomic E-state index is 12.8. The lowest BCUT2D eigenvalue weighted by atomic mass is 10.1. The monoisotopic (exact) mass is 385 g/mol. The Kier molecular flexibility index (Phi) is 5.16. The molecule has 4 rings (SSSR count). The van der Waals surface area contributed by atoms with Crippen molar-refractivity contribution in [3.8, 4) is 0 Å². The van der Waals surface area contributed by atoms with Crippen LogP contribution in [0.3, 0.4) is 0 Å². The quantitative estimate of drug-likeness (QED) is 0.813. The van der Waals surface area contributed by atoms with E-state index >= 15 is 0 Å². The van der Waals surface area contributed by atoms with Crippen LogP contribution in [0.25, 0.3) is 0 Å². The zero-order valence-corrected chi connectivity index (χ0v) is 16.3. The van der Waals surface area contributed by atoms with Gasteiger partial charge in [-0.15, -0.1) is 10.2 Å². The third-order valence-electron chi connectivity index (χ3n) is 5.38. The van der Waals surface area contributed by atoms with Crippen LogP contribution in [-0.4, -0.2) is 60.3 Å². The van der Waals surface area contributed by atoms with Gasteiger partial charge in [0.2, 0.25) is 0 Å². The second kappa shape index (κ2) is 7.72. The molecule has 2 aliphatic heterocycles. The molecule has 0 spiro atoms. The molecule has 142 valence electrons. The number of carbonyl (C=O) groups is 1. The van der Waals surface area contributed by atoms with E-state index in [-0.39, 0.29) is 5.91 Å². The van der Waals surface area contributed by atoms with Crippen LogP contribution >= 0.6 is 11.6 Å². The summed E-state index contributed by atoms with van der Waals surface area (Å²) < 4.78 is 0. The predicted octanol–water partition coefficient (Wildman–Crippen LogP) is 3.00. The van der Waals surface area contributed by atoms with Crippen LogP contribution in [0, 0.1) is 6.92 Å². The Morgan fingerprint density at radius 3 is 2.33 bits per heavy atom. The molecule has 1 aromatic carbocycles. The lowest BCUT2D eigenvalue weighted by molar-refractivity contribution is 0.0739. The van der Waals surface area contributed by atoms with Gasteiger partial charge in [0.05, 0.1) is 0 Å². The molecule has 0 atom stereocenters. The number of hydrogen-bond acceptors (Lipinski definition) is 5. The van der Waals surface area contributed by atoms with Gasteiger partial charge in [-0.2, -0.15) is 0 Å². The van der Waals surface area contributed by atoms with Gasteiger partial charge in [0.1, 0.15) is 0 Å². The van der Waals surface area contributed by atoms with Crippen molar-refractivity contribution in [2.24, 2.45) is 0 Å². The lowest BCUT2D eigenvalue weighted by Gasteiger charge is -2.36. The lowest BCUT2D eigenvalue weighted by Crippen LogP contribution is -2.49. The topological polar surface area (TPSA) is 52.6 Å². The van der Waals surface area contributed by atoms with Crippen molar-refractivity contribution in [3.05, 3.63) is 46.6 Å². The van der Waals surface area contributed by atoms with Crippen LogP contribution in [0.2, 0.25) is 5.02 Å². The Morgan fingerprint density at radius 2 is 1.67 bits per heavy atom. The number of rotatable bonds is 3. The molecule has 2 aromatic rings. The van der Waals surface area contributed by atoms with E-state index in [1.165, 1.54) is 18.4 Å². The van der Waals surface area contributed by atoms with Gasteiger partial charge in [0.15, 0.2) is 11.5 Å². The Bertz CT molecular complexity index is 812. The minimum atomic E-state index is -0.0436. The fourth-order valence-corrected chi connectivity index (χ4v) is 3.96. The maximum Gasteiger partial charge on any atom is 0.274 e. The third-order valence-corrected chi connectivity index (χ3v) is 5.61. The predicted molar refractivity (Wildman–Crippen MR) is 108 cm³/mol. The van der Waals surface area contributed by atoms with Crippen LogP contribution in [0.4, 0.5) is 11.5 Å². The summed E-state index contributed by atoms with van der Waals surface area (Å²) in [6, 6.07) is 9.65. The summed E-state index contributed by atoms with van der Waals surface area (Å²) in [4.78, 5) is 19.1. The molecule has 3 heterocycles. The number of hydrogen-bond donors (Lipinski definition) is 0. The Labute approximate surface area is 164 Å². The van der Waals surface area contributed by atoms with Crippen molar-refractivity contribution >= 4 is 29.0 Å². The van der Waals surface area contributed by atoms with E-state index < -0.39 is 0 Å². The number of piperazine rings is 1. The van der Waals surface area contributed by atoms with Crippen molar-refractivity contribution in [2.75, 3.05) is 49.1 Å². The molecule has 2 aliphatic rings. The van der Waals surface area contributed by atoms with Crippen LogP contribution < -0.4 is 9.80 Å². The SMILES string of the molecule is Cc1ccc(Cl)cc1N1CCN(C(=O)c2ccc(N3CCCC3)nn2)CC1. The molecule has 0 unspecified atom stereocenters. The summed E-state index contributed by atoms with van der Waals surface area (Å²) in [5.74, 6) is 0.822. The average Bonchev–Trinajstić information content (AvgIpc) is 3.24. The molecule has 1 aromatic heterocycles. The van der Waals surface area contributed by atoms with E-state index in [1.54, 1.807) is 6.07 Å². The highest BCUT2D eigenvalue weighted by Gasteiger charge is 2.24. The summed E-state index contributed by atoms with van der Waals surface area (Å²) in [7, 11) is 0. The van der Waals surface area contributed by atoms with Gasteiger partial charge in [0.25, 0.3) is 5.91 Å². The molecule has 0 radical (unpaired) electrons. The summed E-state index contributed by atoms with van der Waals surface area (Å²) in [6.07, 6.45) is 2.39. The fourth-order valence-electron chi connectivity index (χ4n) is 3.79. The largest absolute Gasteiger partial charge is 0.368 e. The molecule has 0 saturated carbocycles. The number of nitrogens with zero attached hydrogens (tertiary/aromatic N) is 5. The number of anilines is 2. The minimum absolute atomic E-state index is 0.0436. The molecule has 2 saturated heterocycles. The summed E-state index contributed by atoms with van der Waals surface area (Å²) in [5.41, 5.74) is 2.76. The van der Waals surface area contributed by atoms with E-state index in [9.17, 15) is 4.79 Å². The third kappa shape index (κ3) is 3.86. The second-order valence-corrected chi connectivity index (χ2v) is 7.62. The zero-order valence-electron chi connectivity index (χ0n) is 15.6. The van der Waals surface area contributed by atoms with Gasteiger partial charge in [-0.1, -0.05) is 17.7 Å². The molecule has 0 bridgehead atoms.